The first-order valence-electron chi connectivity index (χ1n) is 9.20. The van der Waals surface area contributed by atoms with E-state index in [2.05, 4.69) is 5.32 Å². The van der Waals surface area contributed by atoms with Gasteiger partial charge in [-0.15, -0.1) is 0 Å². The highest BCUT2D eigenvalue weighted by Crippen LogP contribution is 2.21. The van der Waals surface area contributed by atoms with Gasteiger partial charge in [0, 0.05) is 37.3 Å². The predicted molar refractivity (Wildman–Crippen MR) is 103 cm³/mol. The van der Waals surface area contributed by atoms with Gasteiger partial charge < -0.3 is 19.9 Å². The molecule has 0 atom stereocenters. The number of nitrogens with one attached hydrogen (secondary N) is 1. The quantitative estimate of drug-likeness (QED) is 0.900. The van der Waals surface area contributed by atoms with E-state index in [0.717, 1.165) is 11.3 Å². The first-order chi connectivity index (χ1) is 12.1. The van der Waals surface area contributed by atoms with E-state index in [1.54, 1.807) is 9.80 Å². The van der Waals surface area contributed by atoms with Crippen molar-refractivity contribution in [2.75, 3.05) is 26.2 Å². The smallest absolute Gasteiger partial charge is 0.317 e. The van der Waals surface area contributed by atoms with Crippen molar-refractivity contribution in [3.63, 3.8) is 0 Å². The van der Waals surface area contributed by atoms with Crippen molar-refractivity contribution in [1.82, 2.24) is 15.1 Å². The van der Waals surface area contributed by atoms with Gasteiger partial charge in [-0.1, -0.05) is 0 Å². The summed E-state index contributed by atoms with van der Waals surface area (Å²) in [6.45, 7) is 14.0. The van der Waals surface area contributed by atoms with Crippen LogP contribution in [0, 0.1) is 6.92 Å². The fraction of sp³-hybridized carbons (Fsp3) is 0.600. The highest BCUT2D eigenvalue weighted by Gasteiger charge is 2.26. The predicted octanol–water partition coefficient (Wildman–Crippen LogP) is 3.05. The Hall–Kier alpha value is -2.24. The van der Waals surface area contributed by atoms with Crippen molar-refractivity contribution in [2.24, 2.45) is 0 Å². The number of ether oxygens (including phenoxy) is 1. The van der Waals surface area contributed by atoms with Gasteiger partial charge in [0.15, 0.2) is 0 Å². The molecule has 26 heavy (non-hydrogen) atoms. The van der Waals surface area contributed by atoms with Crippen LogP contribution in [0.4, 0.5) is 4.79 Å². The van der Waals surface area contributed by atoms with Crippen molar-refractivity contribution in [3.05, 3.63) is 29.3 Å². The number of rotatable bonds is 3. The van der Waals surface area contributed by atoms with Crippen molar-refractivity contribution >= 4 is 11.9 Å². The van der Waals surface area contributed by atoms with Crippen LogP contribution in [0.2, 0.25) is 0 Å². The molecule has 0 saturated carbocycles. The highest BCUT2D eigenvalue weighted by molar-refractivity contribution is 5.94. The second-order valence-corrected chi connectivity index (χ2v) is 8.11. The zero-order valence-corrected chi connectivity index (χ0v) is 16.8. The summed E-state index contributed by atoms with van der Waals surface area (Å²) in [5.41, 5.74) is 1.35. The molecule has 0 spiro atoms. The van der Waals surface area contributed by atoms with Gasteiger partial charge in [-0.05, 0) is 65.3 Å². The number of carbonyl (C=O) groups is 2. The molecule has 1 aromatic carbocycles. The third-order valence-corrected chi connectivity index (χ3v) is 4.12. The van der Waals surface area contributed by atoms with Crippen molar-refractivity contribution < 1.29 is 14.3 Å². The SMILES string of the molecule is Cc1cc(C(=O)N2CCN(C(=O)NC(C)(C)C)CC2)ccc1OC(C)C. The Morgan fingerprint density at radius 3 is 2.15 bits per heavy atom. The molecule has 1 aliphatic rings. The van der Waals surface area contributed by atoms with Gasteiger partial charge >= 0.3 is 6.03 Å². The first kappa shape index (κ1) is 20.1. The fourth-order valence-corrected chi connectivity index (χ4v) is 2.86. The Bertz CT molecular complexity index is 657. The molecule has 1 N–H and O–H groups in total. The Morgan fingerprint density at radius 2 is 1.65 bits per heavy atom. The van der Waals surface area contributed by atoms with E-state index in [1.165, 1.54) is 0 Å². The van der Waals surface area contributed by atoms with E-state index in [1.807, 2.05) is 59.7 Å². The monoisotopic (exact) mass is 361 g/mol. The van der Waals surface area contributed by atoms with Crippen LogP contribution in [0.15, 0.2) is 18.2 Å². The minimum Gasteiger partial charge on any atom is -0.491 e. The summed E-state index contributed by atoms with van der Waals surface area (Å²) in [5.74, 6) is 0.806. The Balaban J connectivity index is 1.96. The van der Waals surface area contributed by atoms with Crippen LogP contribution < -0.4 is 10.1 Å². The zero-order chi connectivity index (χ0) is 19.5. The fourth-order valence-electron chi connectivity index (χ4n) is 2.86. The second-order valence-electron chi connectivity index (χ2n) is 8.11. The highest BCUT2D eigenvalue weighted by atomic mass is 16.5. The summed E-state index contributed by atoms with van der Waals surface area (Å²) in [6.07, 6.45) is 0.0996. The first-order valence-corrected chi connectivity index (χ1v) is 9.20. The largest absolute Gasteiger partial charge is 0.491 e. The number of benzene rings is 1. The molecule has 3 amide bonds. The lowest BCUT2D eigenvalue weighted by molar-refractivity contribution is 0.0661. The number of aryl methyl sites for hydroxylation is 1. The van der Waals surface area contributed by atoms with E-state index in [0.29, 0.717) is 31.7 Å². The molecule has 1 aliphatic heterocycles. The van der Waals surface area contributed by atoms with E-state index in [-0.39, 0.29) is 23.6 Å². The average molecular weight is 361 g/mol. The van der Waals surface area contributed by atoms with Gasteiger partial charge in [-0.25, -0.2) is 4.79 Å². The minimum absolute atomic E-state index is 0.0000708. The number of piperazine rings is 1. The maximum atomic E-state index is 12.8. The molecule has 1 heterocycles. The van der Waals surface area contributed by atoms with Gasteiger partial charge in [0.05, 0.1) is 6.10 Å². The number of carbonyl (C=O) groups excluding carboxylic acids is 2. The third-order valence-electron chi connectivity index (χ3n) is 4.12. The third kappa shape index (κ3) is 5.38. The van der Waals surface area contributed by atoms with E-state index in [9.17, 15) is 9.59 Å². The van der Waals surface area contributed by atoms with Gasteiger partial charge in [-0.2, -0.15) is 0 Å². The van der Waals surface area contributed by atoms with Crippen LogP contribution in [0.1, 0.15) is 50.5 Å². The van der Waals surface area contributed by atoms with Crippen molar-refractivity contribution in [2.45, 2.75) is 53.2 Å². The standard InChI is InChI=1S/C20H31N3O3/c1-14(2)26-17-8-7-16(13-15(17)3)18(24)22-9-11-23(12-10-22)19(25)21-20(4,5)6/h7-8,13-14H,9-12H2,1-6H3,(H,21,25). The summed E-state index contributed by atoms with van der Waals surface area (Å²) >= 11 is 0. The number of nitrogens with zero attached hydrogens (tertiary/aromatic N) is 2. The number of hydrogen-bond donors (Lipinski definition) is 1. The maximum Gasteiger partial charge on any atom is 0.317 e. The lowest BCUT2D eigenvalue weighted by Gasteiger charge is -2.36. The molecular formula is C20H31N3O3. The minimum atomic E-state index is -0.263. The summed E-state index contributed by atoms with van der Waals surface area (Å²) in [7, 11) is 0. The molecule has 0 radical (unpaired) electrons. The Labute approximate surface area is 156 Å². The van der Waals surface area contributed by atoms with Crippen LogP contribution in [-0.2, 0) is 0 Å². The van der Waals surface area contributed by atoms with Crippen molar-refractivity contribution in [3.8, 4) is 5.75 Å². The normalized spacial score (nSPS) is 15.2. The number of amides is 3. The number of hydrogen-bond acceptors (Lipinski definition) is 3. The summed E-state index contributed by atoms with van der Waals surface area (Å²) < 4.78 is 5.73. The van der Waals surface area contributed by atoms with E-state index in [4.69, 9.17) is 4.74 Å². The van der Waals surface area contributed by atoms with Crippen LogP contribution in [0.3, 0.4) is 0 Å². The number of urea groups is 1. The average Bonchev–Trinajstić information content (AvgIpc) is 2.54. The maximum absolute atomic E-state index is 12.8. The summed E-state index contributed by atoms with van der Waals surface area (Å²) in [4.78, 5) is 28.6. The van der Waals surface area contributed by atoms with E-state index >= 15 is 0 Å². The van der Waals surface area contributed by atoms with Gasteiger partial charge in [0.25, 0.3) is 5.91 Å². The molecule has 0 unspecified atom stereocenters. The van der Waals surface area contributed by atoms with E-state index < -0.39 is 0 Å². The molecule has 0 bridgehead atoms. The van der Waals surface area contributed by atoms with Gasteiger partial charge in [0.2, 0.25) is 0 Å². The Kier molecular flexibility index (Phi) is 6.16. The van der Waals surface area contributed by atoms with Crippen LogP contribution in [0.25, 0.3) is 0 Å². The van der Waals surface area contributed by atoms with Gasteiger partial charge in [-0.3, -0.25) is 4.79 Å². The molecule has 1 aromatic rings. The van der Waals surface area contributed by atoms with Gasteiger partial charge in [0.1, 0.15) is 5.75 Å². The van der Waals surface area contributed by atoms with Crippen LogP contribution in [-0.4, -0.2) is 59.6 Å². The molecule has 144 valence electrons. The second kappa shape index (κ2) is 7.98. The molecule has 6 heteroatoms. The molecule has 6 nitrogen and oxygen atoms in total. The lowest BCUT2D eigenvalue weighted by Crippen LogP contribution is -2.56. The molecule has 1 saturated heterocycles. The van der Waals surface area contributed by atoms with Crippen LogP contribution in [0.5, 0.6) is 5.75 Å². The molecule has 0 aliphatic carbocycles. The lowest BCUT2D eigenvalue weighted by atomic mass is 10.1. The molecule has 2 rings (SSSR count). The topological polar surface area (TPSA) is 61.9 Å². The summed E-state index contributed by atoms with van der Waals surface area (Å²) in [5, 5.41) is 2.96. The molecule has 0 aromatic heterocycles. The van der Waals surface area contributed by atoms with Crippen LogP contribution >= 0.6 is 0 Å². The van der Waals surface area contributed by atoms with Crippen molar-refractivity contribution in [1.29, 1.82) is 0 Å². The summed E-state index contributed by atoms with van der Waals surface area (Å²) in [6, 6.07) is 5.47. The Morgan fingerprint density at radius 1 is 1.08 bits per heavy atom. The molecule has 1 fully saturated rings. The zero-order valence-electron chi connectivity index (χ0n) is 16.8. The molecular weight excluding hydrogens is 330 g/mol.